The third kappa shape index (κ3) is 4.44. The molecule has 8 heteroatoms. The molecule has 0 amide bonds. The predicted molar refractivity (Wildman–Crippen MR) is 74.4 cm³/mol. The third-order valence-corrected chi connectivity index (χ3v) is 2.85. The number of anilines is 1. The number of hydrogen-bond donors (Lipinski definition) is 2. The van der Waals surface area contributed by atoms with Crippen LogP contribution in [0.3, 0.4) is 0 Å². The Labute approximate surface area is 121 Å². The average Bonchev–Trinajstić information content (AvgIpc) is 2.48. The van der Waals surface area contributed by atoms with E-state index in [9.17, 15) is 4.79 Å². The second kappa shape index (κ2) is 6.69. The predicted octanol–water partition coefficient (Wildman–Crippen LogP) is 0.845. The van der Waals surface area contributed by atoms with Crippen molar-refractivity contribution in [1.29, 1.82) is 0 Å². The number of hydrogen-bond acceptors (Lipinski definition) is 7. The summed E-state index contributed by atoms with van der Waals surface area (Å²) < 4.78 is 0. The first-order valence-electron chi connectivity index (χ1n) is 6.49. The smallest absolute Gasteiger partial charge is 0.306 e. The van der Waals surface area contributed by atoms with E-state index < -0.39 is 11.9 Å². The zero-order valence-electron chi connectivity index (χ0n) is 11.8. The van der Waals surface area contributed by atoms with Crippen molar-refractivity contribution in [3.8, 4) is 0 Å². The third-order valence-electron chi connectivity index (χ3n) is 2.85. The molecule has 2 N–H and O–H groups in total. The zero-order valence-corrected chi connectivity index (χ0v) is 11.8. The molecule has 0 fully saturated rings. The van der Waals surface area contributed by atoms with Crippen LogP contribution in [0, 0.1) is 12.8 Å². The number of aliphatic carboxylic acids is 1. The van der Waals surface area contributed by atoms with Crippen molar-refractivity contribution in [2.45, 2.75) is 26.8 Å². The number of aryl methyl sites for hydroxylation is 1. The maximum Gasteiger partial charge on any atom is 0.306 e. The van der Waals surface area contributed by atoms with E-state index in [2.05, 4.69) is 30.7 Å². The van der Waals surface area contributed by atoms with E-state index in [-0.39, 0.29) is 0 Å². The molecule has 0 aliphatic carbocycles. The Morgan fingerprint density at radius 1 is 1.29 bits per heavy atom. The fourth-order valence-corrected chi connectivity index (χ4v) is 1.61. The van der Waals surface area contributed by atoms with Crippen molar-refractivity contribution >= 4 is 11.9 Å². The summed E-state index contributed by atoms with van der Waals surface area (Å²) in [5.74, 6) is -0.401. The van der Waals surface area contributed by atoms with Gasteiger partial charge in [0.2, 0.25) is 0 Å². The van der Waals surface area contributed by atoms with Gasteiger partial charge in [0, 0.05) is 24.9 Å². The molecule has 0 saturated heterocycles. The van der Waals surface area contributed by atoms with E-state index in [1.165, 1.54) is 0 Å². The molecule has 0 aliphatic heterocycles. The molecular weight excluding hydrogens is 272 g/mol. The maximum absolute atomic E-state index is 10.8. The van der Waals surface area contributed by atoms with E-state index in [1.807, 2.05) is 12.1 Å². The highest BCUT2D eigenvalue weighted by Crippen LogP contribution is 2.08. The largest absolute Gasteiger partial charge is 0.481 e. The summed E-state index contributed by atoms with van der Waals surface area (Å²) in [6.07, 6.45) is 2.11. The van der Waals surface area contributed by atoms with Crippen LogP contribution in [0.25, 0.3) is 0 Å². The van der Waals surface area contributed by atoms with E-state index in [0.717, 1.165) is 11.3 Å². The van der Waals surface area contributed by atoms with Gasteiger partial charge in [-0.3, -0.25) is 9.78 Å². The van der Waals surface area contributed by atoms with Gasteiger partial charge in [0.15, 0.2) is 5.82 Å². The van der Waals surface area contributed by atoms with Gasteiger partial charge in [-0.05, 0) is 18.6 Å². The summed E-state index contributed by atoms with van der Waals surface area (Å²) in [6.45, 7) is 3.87. The fraction of sp³-hybridized carbons (Fsp3) is 0.385. The van der Waals surface area contributed by atoms with Crippen molar-refractivity contribution in [2.24, 2.45) is 5.92 Å². The number of carbonyl (C=O) groups is 1. The van der Waals surface area contributed by atoms with Gasteiger partial charge in [-0.2, -0.15) is 0 Å². The van der Waals surface area contributed by atoms with E-state index >= 15 is 0 Å². The minimum absolute atomic E-state index is 0.351. The Kier molecular flexibility index (Phi) is 4.70. The Morgan fingerprint density at radius 3 is 2.57 bits per heavy atom. The lowest BCUT2D eigenvalue weighted by molar-refractivity contribution is -0.141. The molecule has 110 valence electrons. The molecule has 0 aliphatic rings. The van der Waals surface area contributed by atoms with Crippen LogP contribution in [0.1, 0.15) is 24.0 Å². The maximum atomic E-state index is 10.8. The van der Waals surface area contributed by atoms with E-state index in [1.54, 1.807) is 20.0 Å². The molecule has 0 saturated carbocycles. The summed E-state index contributed by atoms with van der Waals surface area (Å²) in [5.41, 5.74) is 1.69. The quantitative estimate of drug-likeness (QED) is 0.804. The first-order chi connectivity index (χ1) is 10.0. The topological polar surface area (TPSA) is 114 Å². The first kappa shape index (κ1) is 14.8. The number of rotatable bonds is 6. The molecule has 0 aromatic carbocycles. The van der Waals surface area contributed by atoms with Gasteiger partial charge in [-0.1, -0.05) is 13.0 Å². The summed E-state index contributed by atoms with van der Waals surface area (Å²) in [5, 5.41) is 27.1. The summed E-state index contributed by atoms with van der Waals surface area (Å²) in [6, 6.07) is 3.71. The summed E-state index contributed by atoms with van der Waals surface area (Å²) in [7, 11) is 0. The summed E-state index contributed by atoms with van der Waals surface area (Å²) >= 11 is 0. The number of carboxylic acid groups (broad SMARTS) is 1. The van der Waals surface area contributed by atoms with Crippen molar-refractivity contribution in [2.75, 3.05) is 5.32 Å². The molecule has 2 aromatic heterocycles. The Morgan fingerprint density at radius 2 is 2.00 bits per heavy atom. The van der Waals surface area contributed by atoms with Crippen LogP contribution in [0.15, 0.2) is 18.3 Å². The number of carboxylic acids is 1. The van der Waals surface area contributed by atoms with Gasteiger partial charge >= 0.3 is 5.97 Å². The zero-order chi connectivity index (χ0) is 15.2. The van der Waals surface area contributed by atoms with Gasteiger partial charge in [-0.25, -0.2) is 0 Å². The lowest BCUT2D eigenvalue weighted by Crippen LogP contribution is -2.13. The number of nitrogens with zero attached hydrogens (tertiary/aromatic N) is 5. The van der Waals surface area contributed by atoms with Gasteiger partial charge in [0.25, 0.3) is 5.95 Å². The monoisotopic (exact) mass is 288 g/mol. The molecule has 1 atom stereocenters. The highest BCUT2D eigenvalue weighted by molar-refractivity contribution is 5.69. The van der Waals surface area contributed by atoms with Crippen LogP contribution in [-0.2, 0) is 17.8 Å². The lowest BCUT2D eigenvalue weighted by Gasteiger charge is -2.07. The van der Waals surface area contributed by atoms with Gasteiger partial charge in [0.1, 0.15) is 0 Å². The molecule has 2 heterocycles. The molecule has 2 rings (SSSR count). The Bertz CT molecular complexity index is 599. The van der Waals surface area contributed by atoms with Crippen LogP contribution in [0.5, 0.6) is 0 Å². The molecule has 2 aromatic rings. The molecule has 21 heavy (non-hydrogen) atoms. The number of nitrogens with one attached hydrogen (secondary N) is 1. The number of aromatic nitrogens is 5. The van der Waals surface area contributed by atoms with Gasteiger partial charge in [-0.15, -0.1) is 20.4 Å². The highest BCUT2D eigenvalue weighted by atomic mass is 16.4. The van der Waals surface area contributed by atoms with Gasteiger partial charge in [0.05, 0.1) is 5.92 Å². The first-order valence-corrected chi connectivity index (χ1v) is 6.49. The minimum Gasteiger partial charge on any atom is -0.481 e. The van der Waals surface area contributed by atoms with Crippen LogP contribution >= 0.6 is 0 Å². The van der Waals surface area contributed by atoms with E-state index in [4.69, 9.17) is 5.11 Å². The van der Waals surface area contributed by atoms with Crippen LogP contribution < -0.4 is 5.32 Å². The molecule has 0 unspecified atom stereocenters. The van der Waals surface area contributed by atoms with Crippen LogP contribution in [-0.4, -0.2) is 36.5 Å². The number of pyridine rings is 1. The van der Waals surface area contributed by atoms with Crippen molar-refractivity contribution in [3.05, 3.63) is 35.4 Å². The Hall–Kier alpha value is -2.64. The molecule has 0 bridgehead atoms. The van der Waals surface area contributed by atoms with Crippen LogP contribution in [0.4, 0.5) is 5.95 Å². The highest BCUT2D eigenvalue weighted by Gasteiger charge is 2.12. The average molecular weight is 288 g/mol. The minimum atomic E-state index is -0.820. The fourth-order valence-electron chi connectivity index (χ4n) is 1.61. The van der Waals surface area contributed by atoms with Gasteiger partial charge < -0.3 is 10.4 Å². The molecule has 8 nitrogen and oxygen atoms in total. The SMILES string of the molecule is Cc1nnc(NCc2ccc(C[C@H](C)C(=O)O)nc2)nn1. The molecule has 0 spiro atoms. The normalized spacial score (nSPS) is 11.9. The standard InChI is InChI=1S/C13H16N6O2/c1-8(12(20)21)5-11-4-3-10(6-14-11)7-15-13-18-16-9(2)17-19-13/h3-4,6,8H,5,7H2,1-2H3,(H,20,21)(H,15,18,19)/t8-/m0/s1. The van der Waals surface area contributed by atoms with Crippen molar-refractivity contribution in [3.63, 3.8) is 0 Å². The molecular formula is C13H16N6O2. The summed E-state index contributed by atoms with van der Waals surface area (Å²) in [4.78, 5) is 15.0. The second-order valence-corrected chi connectivity index (χ2v) is 4.73. The van der Waals surface area contributed by atoms with E-state index in [0.29, 0.717) is 24.7 Å². The van der Waals surface area contributed by atoms with Crippen molar-refractivity contribution < 1.29 is 9.90 Å². The second-order valence-electron chi connectivity index (χ2n) is 4.73. The van der Waals surface area contributed by atoms with Crippen LogP contribution in [0.2, 0.25) is 0 Å². The molecule has 0 radical (unpaired) electrons. The van der Waals surface area contributed by atoms with Crippen molar-refractivity contribution in [1.82, 2.24) is 25.4 Å². The lowest BCUT2D eigenvalue weighted by atomic mass is 10.1. The Balaban J connectivity index is 1.90.